The van der Waals surface area contributed by atoms with Crippen molar-refractivity contribution in [3.05, 3.63) is 52.5 Å². The van der Waals surface area contributed by atoms with Crippen molar-refractivity contribution < 1.29 is 18.8 Å². The third kappa shape index (κ3) is 5.11. The summed E-state index contributed by atoms with van der Waals surface area (Å²) in [5.74, 6) is 1.63. The fourth-order valence-electron chi connectivity index (χ4n) is 5.52. The molecule has 1 fully saturated rings. The summed E-state index contributed by atoms with van der Waals surface area (Å²) >= 11 is 0. The molecule has 0 radical (unpaired) electrons. The van der Waals surface area contributed by atoms with Crippen LogP contribution in [0.15, 0.2) is 28.9 Å². The third-order valence-corrected chi connectivity index (χ3v) is 7.60. The van der Waals surface area contributed by atoms with Gasteiger partial charge in [-0.2, -0.15) is 0 Å². The Morgan fingerprint density at radius 3 is 2.59 bits per heavy atom. The lowest BCUT2D eigenvalue weighted by molar-refractivity contribution is 0.0223. The molecule has 1 saturated heterocycles. The van der Waals surface area contributed by atoms with Gasteiger partial charge in [0.05, 0.1) is 19.3 Å². The van der Waals surface area contributed by atoms with Gasteiger partial charge in [-0.05, 0) is 57.7 Å². The molecule has 2 amide bonds. The summed E-state index contributed by atoms with van der Waals surface area (Å²) in [5, 5.41) is 5.04. The minimum atomic E-state index is -0.554. The number of benzene rings is 1. The molecule has 8 heteroatoms. The first-order valence-electron chi connectivity index (χ1n) is 13.5. The van der Waals surface area contributed by atoms with Gasteiger partial charge in [0.15, 0.2) is 0 Å². The number of piperidine rings is 1. The van der Waals surface area contributed by atoms with Crippen LogP contribution in [0.4, 0.5) is 4.79 Å². The van der Waals surface area contributed by atoms with Gasteiger partial charge < -0.3 is 23.6 Å². The number of aromatic nitrogens is 2. The topological polar surface area (TPSA) is 80.8 Å². The summed E-state index contributed by atoms with van der Waals surface area (Å²) in [5.41, 5.74) is 4.54. The van der Waals surface area contributed by atoms with Crippen molar-refractivity contribution in [2.75, 3.05) is 19.6 Å². The number of carbonyl (C=O) groups is 2. The Bertz CT molecular complexity index is 1310. The van der Waals surface area contributed by atoms with E-state index in [4.69, 9.17) is 9.26 Å². The van der Waals surface area contributed by atoms with E-state index in [1.807, 2.05) is 37.8 Å². The van der Waals surface area contributed by atoms with Gasteiger partial charge in [-0.15, -0.1) is 0 Å². The van der Waals surface area contributed by atoms with Crippen molar-refractivity contribution in [2.24, 2.45) is 5.92 Å². The Balaban J connectivity index is 1.53. The SMILES string of the molecule is CCc1oncc1Cn1c2c(c3cc(C(=O)N4CCC(C)CC4)ccc31)CN(C(=O)OC(C)(C)C)CC2. The van der Waals surface area contributed by atoms with Crippen LogP contribution in [0.5, 0.6) is 0 Å². The van der Waals surface area contributed by atoms with Crippen LogP contribution in [0, 0.1) is 5.92 Å². The molecule has 0 atom stereocenters. The van der Waals surface area contributed by atoms with E-state index in [1.165, 1.54) is 5.69 Å². The maximum Gasteiger partial charge on any atom is 0.410 e. The average Bonchev–Trinajstić information content (AvgIpc) is 3.45. The van der Waals surface area contributed by atoms with E-state index in [2.05, 4.69) is 29.6 Å². The van der Waals surface area contributed by atoms with E-state index in [1.54, 1.807) is 11.1 Å². The Kier molecular flexibility index (Phi) is 6.77. The quantitative estimate of drug-likeness (QED) is 0.473. The second kappa shape index (κ2) is 9.88. The van der Waals surface area contributed by atoms with Crippen molar-refractivity contribution in [2.45, 2.75) is 79.0 Å². The maximum absolute atomic E-state index is 13.4. The number of aryl methyl sites for hydroxylation is 1. The van der Waals surface area contributed by atoms with Crippen molar-refractivity contribution in [1.29, 1.82) is 0 Å². The summed E-state index contributed by atoms with van der Waals surface area (Å²) in [6.45, 7) is 13.2. The number of hydrogen-bond donors (Lipinski definition) is 0. The van der Waals surface area contributed by atoms with Crippen LogP contribution in [0.3, 0.4) is 0 Å². The first-order chi connectivity index (χ1) is 17.6. The smallest absolute Gasteiger partial charge is 0.410 e. The predicted molar refractivity (Wildman–Crippen MR) is 142 cm³/mol. The fourth-order valence-corrected chi connectivity index (χ4v) is 5.52. The van der Waals surface area contributed by atoms with Crippen molar-refractivity contribution in [1.82, 2.24) is 19.5 Å². The lowest BCUT2D eigenvalue weighted by Crippen LogP contribution is -2.40. The number of hydrogen-bond acceptors (Lipinski definition) is 5. The molecule has 1 aromatic carbocycles. The zero-order valence-electron chi connectivity index (χ0n) is 22.7. The van der Waals surface area contributed by atoms with Crippen molar-refractivity contribution in [3.8, 4) is 0 Å². The molecule has 0 unspecified atom stereocenters. The molecule has 0 spiro atoms. The van der Waals surface area contributed by atoms with Crippen LogP contribution in [-0.2, 0) is 30.7 Å². The third-order valence-electron chi connectivity index (χ3n) is 7.60. The highest BCUT2D eigenvalue weighted by molar-refractivity contribution is 5.99. The summed E-state index contributed by atoms with van der Waals surface area (Å²) in [6.07, 6.45) is 5.06. The zero-order valence-corrected chi connectivity index (χ0v) is 22.7. The molecule has 2 aromatic heterocycles. The summed E-state index contributed by atoms with van der Waals surface area (Å²) in [4.78, 5) is 30.1. The molecule has 0 saturated carbocycles. The van der Waals surface area contributed by atoms with Gasteiger partial charge >= 0.3 is 6.09 Å². The Hall–Kier alpha value is -3.29. The Labute approximate surface area is 218 Å². The van der Waals surface area contributed by atoms with Crippen molar-refractivity contribution >= 4 is 22.9 Å². The highest BCUT2D eigenvalue weighted by Crippen LogP contribution is 2.34. The first-order valence-corrected chi connectivity index (χ1v) is 13.5. The fraction of sp³-hybridized carbons (Fsp3) is 0.552. The van der Waals surface area contributed by atoms with Crippen LogP contribution in [-0.4, -0.2) is 56.8 Å². The van der Waals surface area contributed by atoms with Crippen LogP contribution in [0.1, 0.15) is 80.4 Å². The molecule has 198 valence electrons. The zero-order chi connectivity index (χ0) is 26.3. The van der Waals surface area contributed by atoms with Gasteiger partial charge in [-0.25, -0.2) is 4.79 Å². The van der Waals surface area contributed by atoms with Gasteiger partial charge in [-0.1, -0.05) is 19.0 Å². The molecular weight excluding hydrogens is 468 g/mol. The van der Waals surface area contributed by atoms with Crippen LogP contribution >= 0.6 is 0 Å². The van der Waals surface area contributed by atoms with Crippen LogP contribution < -0.4 is 0 Å². The molecule has 37 heavy (non-hydrogen) atoms. The minimum Gasteiger partial charge on any atom is -0.444 e. The van der Waals surface area contributed by atoms with Gasteiger partial charge in [0.1, 0.15) is 11.4 Å². The number of ether oxygens (including phenoxy) is 1. The second-order valence-corrected chi connectivity index (χ2v) is 11.5. The molecule has 2 aliphatic rings. The number of fused-ring (bicyclic) bond motifs is 3. The highest BCUT2D eigenvalue weighted by Gasteiger charge is 2.31. The first kappa shape index (κ1) is 25.4. The Morgan fingerprint density at radius 2 is 1.89 bits per heavy atom. The largest absolute Gasteiger partial charge is 0.444 e. The summed E-state index contributed by atoms with van der Waals surface area (Å²) in [7, 11) is 0. The molecule has 5 rings (SSSR count). The molecule has 0 N–H and O–H groups in total. The second-order valence-electron chi connectivity index (χ2n) is 11.5. The number of carbonyl (C=O) groups excluding carboxylic acids is 2. The van der Waals surface area contributed by atoms with E-state index < -0.39 is 5.60 Å². The van der Waals surface area contributed by atoms with Gasteiger partial charge in [0.25, 0.3) is 5.91 Å². The van der Waals surface area contributed by atoms with Gasteiger partial charge in [0, 0.05) is 65.8 Å². The van der Waals surface area contributed by atoms with Gasteiger partial charge in [-0.3, -0.25) is 4.79 Å². The maximum atomic E-state index is 13.4. The number of nitrogens with zero attached hydrogens (tertiary/aromatic N) is 4. The monoisotopic (exact) mass is 506 g/mol. The Morgan fingerprint density at radius 1 is 1.14 bits per heavy atom. The standard InChI is InChI=1S/C29H38N4O4/c1-6-26-21(16-30-37-26)17-33-24-8-7-20(27(34)31-12-9-19(2)10-13-31)15-22(24)23-18-32(14-11-25(23)33)28(35)36-29(3,4)5/h7-8,15-16,19H,6,9-14,17-18H2,1-5H3. The van der Waals surface area contributed by atoms with E-state index in [9.17, 15) is 9.59 Å². The summed E-state index contributed by atoms with van der Waals surface area (Å²) in [6, 6.07) is 6.03. The molecule has 2 aliphatic heterocycles. The number of amides is 2. The number of rotatable bonds is 4. The van der Waals surface area contributed by atoms with Gasteiger partial charge in [0.2, 0.25) is 0 Å². The number of likely N-dealkylation sites (tertiary alicyclic amines) is 1. The minimum absolute atomic E-state index is 0.0856. The van der Waals surface area contributed by atoms with Crippen LogP contribution in [0.25, 0.3) is 10.9 Å². The van der Waals surface area contributed by atoms with Crippen LogP contribution in [0.2, 0.25) is 0 Å². The molecule has 4 heterocycles. The van der Waals surface area contributed by atoms with Crippen molar-refractivity contribution in [3.63, 3.8) is 0 Å². The molecule has 8 nitrogen and oxygen atoms in total. The molecule has 0 aliphatic carbocycles. The highest BCUT2D eigenvalue weighted by atomic mass is 16.6. The van der Waals surface area contributed by atoms with E-state index >= 15 is 0 Å². The van der Waals surface area contributed by atoms with E-state index in [-0.39, 0.29) is 12.0 Å². The normalized spacial score (nSPS) is 16.8. The predicted octanol–water partition coefficient (Wildman–Crippen LogP) is 5.41. The molecular formula is C29H38N4O4. The average molecular weight is 507 g/mol. The van der Waals surface area contributed by atoms with E-state index in [0.717, 1.165) is 60.1 Å². The summed E-state index contributed by atoms with van der Waals surface area (Å²) < 4.78 is 13.4. The molecule has 3 aromatic rings. The lowest BCUT2D eigenvalue weighted by Gasteiger charge is -2.31. The lowest BCUT2D eigenvalue weighted by atomic mass is 9.98. The molecule has 0 bridgehead atoms. The van der Waals surface area contributed by atoms with E-state index in [0.29, 0.717) is 37.5 Å².